The average Bonchev–Trinajstić information content (AvgIpc) is 3.23. The Labute approximate surface area is 138 Å². The normalized spacial score (nSPS) is 16.2. The van der Waals surface area contributed by atoms with E-state index in [1.54, 1.807) is 18.4 Å². The van der Waals surface area contributed by atoms with Crippen LogP contribution in [0.4, 0.5) is 0 Å². The Morgan fingerprint density at radius 1 is 1.22 bits per heavy atom. The van der Waals surface area contributed by atoms with E-state index in [1.807, 2.05) is 12.2 Å². The summed E-state index contributed by atoms with van der Waals surface area (Å²) in [5, 5.41) is 2.08. The number of H-pyrrole nitrogens is 2. The Morgan fingerprint density at radius 2 is 2.09 bits per heavy atom. The van der Waals surface area contributed by atoms with Crippen LogP contribution in [0.15, 0.2) is 46.1 Å². The van der Waals surface area contributed by atoms with Gasteiger partial charge in [0.15, 0.2) is 0 Å². The van der Waals surface area contributed by atoms with Gasteiger partial charge in [-0.15, -0.1) is 11.3 Å². The van der Waals surface area contributed by atoms with Gasteiger partial charge in [0.05, 0.1) is 28.7 Å². The van der Waals surface area contributed by atoms with Crippen LogP contribution < -0.4 is 0 Å². The monoisotopic (exact) mass is 323 g/mol. The molecule has 4 nitrogen and oxygen atoms in total. The van der Waals surface area contributed by atoms with Gasteiger partial charge in [0.1, 0.15) is 11.5 Å². The third-order valence-corrected chi connectivity index (χ3v) is 4.83. The van der Waals surface area contributed by atoms with Crippen molar-refractivity contribution in [3.05, 3.63) is 63.8 Å². The van der Waals surface area contributed by atoms with Crippen molar-refractivity contribution in [2.45, 2.75) is 13.8 Å². The molecule has 3 aromatic heterocycles. The maximum Gasteiger partial charge on any atom is 0.146 e. The largest absolute Gasteiger partial charge is 0.494 e. The fourth-order valence-corrected chi connectivity index (χ4v) is 3.63. The van der Waals surface area contributed by atoms with Crippen LogP contribution in [-0.2, 0) is 4.74 Å². The first-order chi connectivity index (χ1) is 11.1. The number of rotatable bonds is 3. The second-order valence-corrected chi connectivity index (χ2v) is 6.62. The van der Waals surface area contributed by atoms with Crippen LogP contribution in [0.5, 0.6) is 0 Å². The summed E-state index contributed by atoms with van der Waals surface area (Å²) in [5.74, 6) is 0.782. The second-order valence-electron chi connectivity index (χ2n) is 5.67. The minimum absolute atomic E-state index is 0.782. The molecule has 0 aliphatic carbocycles. The number of aliphatic imine (C=N–C) groups is 1. The lowest BCUT2D eigenvalue weighted by atomic mass is 10.2. The van der Waals surface area contributed by atoms with Crippen molar-refractivity contribution in [2.24, 2.45) is 4.99 Å². The van der Waals surface area contributed by atoms with E-state index in [9.17, 15) is 0 Å². The van der Waals surface area contributed by atoms with Crippen molar-refractivity contribution < 1.29 is 4.74 Å². The minimum Gasteiger partial charge on any atom is -0.494 e. The Bertz CT molecular complexity index is 953. The van der Waals surface area contributed by atoms with Gasteiger partial charge in [0, 0.05) is 17.5 Å². The SMILES string of the molecule is COC1=CC(c2cc3sccc3[nH]2)=N/C1=C\c1[nH]c(C)cc1C. The Hall–Kier alpha value is -2.53. The van der Waals surface area contributed by atoms with E-state index in [2.05, 4.69) is 47.4 Å². The number of hydrogen-bond donors (Lipinski definition) is 2. The highest BCUT2D eigenvalue weighted by molar-refractivity contribution is 7.17. The van der Waals surface area contributed by atoms with Gasteiger partial charge >= 0.3 is 0 Å². The molecule has 1 aliphatic rings. The molecule has 1 aliphatic heterocycles. The molecule has 116 valence electrons. The van der Waals surface area contributed by atoms with Crippen molar-refractivity contribution in [1.82, 2.24) is 9.97 Å². The topological polar surface area (TPSA) is 53.2 Å². The molecule has 0 fully saturated rings. The smallest absolute Gasteiger partial charge is 0.146 e. The summed E-state index contributed by atoms with van der Waals surface area (Å²) in [6.07, 6.45) is 4.02. The molecule has 0 bridgehead atoms. The van der Waals surface area contributed by atoms with Gasteiger partial charge in [0.2, 0.25) is 0 Å². The van der Waals surface area contributed by atoms with Gasteiger partial charge in [-0.3, -0.25) is 0 Å². The minimum atomic E-state index is 0.782. The summed E-state index contributed by atoms with van der Waals surface area (Å²) in [4.78, 5) is 11.5. The summed E-state index contributed by atoms with van der Waals surface area (Å²) in [6, 6.07) is 6.35. The van der Waals surface area contributed by atoms with E-state index in [1.165, 1.54) is 10.3 Å². The Balaban J connectivity index is 1.76. The third-order valence-electron chi connectivity index (χ3n) is 3.97. The summed E-state index contributed by atoms with van der Waals surface area (Å²) in [5.41, 5.74) is 7.32. The van der Waals surface area contributed by atoms with E-state index >= 15 is 0 Å². The van der Waals surface area contributed by atoms with Gasteiger partial charge < -0.3 is 14.7 Å². The summed E-state index contributed by atoms with van der Waals surface area (Å²) in [6.45, 7) is 4.14. The number of allylic oxidation sites excluding steroid dienone is 1. The average molecular weight is 323 g/mol. The molecule has 5 heteroatoms. The van der Waals surface area contributed by atoms with Crippen LogP contribution >= 0.6 is 11.3 Å². The van der Waals surface area contributed by atoms with Crippen molar-refractivity contribution in [3.8, 4) is 0 Å². The molecule has 4 heterocycles. The lowest BCUT2D eigenvalue weighted by Gasteiger charge is -2.01. The van der Waals surface area contributed by atoms with Crippen LogP contribution in [0.25, 0.3) is 16.3 Å². The van der Waals surface area contributed by atoms with Crippen LogP contribution in [-0.4, -0.2) is 22.8 Å². The number of aromatic nitrogens is 2. The molecule has 0 amide bonds. The van der Waals surface area contributed by atoms with E-state index in [0.29, 0.717) is 0 Å². The molecular formula is C18H17N3OS. The Morgan fingerprint density at radius 3 is 2.78 bits per heavy atom. The molecule has 0 unspecified atom stereocenters. The van der Waals surface area contributed by atoms with E-state index < -0.39 is 0 Å². The maximum absolute atomic E-state index is 5.50. The van der Waals surface area contributed by atoms with E-state index in [0.717, 1.165) is 39.8 Å². The van der Waals surface area contributed by atoms with Crippen molar-refractivity contribution in [2.75, 3.05) is 7.11 Å². The van der Waals surface area contributed by atoms with Crippen molar-refractivity contribution in [1.29, 1.82) is 0 Å². The zero-order valence-corrected chi connectivity index (χ0v) is 14.0. The lowest BCUT2D eigenvalue weighted by Crippen LogP contribution is -1.93. The van der Waals surface area contributed by atoms with Gasteiger partial charge in [-0.05, 0) is 49.1 Å². The summed E-state index contributed by atoms with van der Waals surface area (Å²) >= 11 is 1.72. The first-order valence-corrected chi connectivity index (χ1v) is 8.31. The molecule has 0 radical (unpaired) electrons. The third kappa shape index (κ3) is 2.43. The number of methoxy groups -OCH3 is 1. The Kier molecular flexibility index (Phi) is 3.23. The summed E-state index contributed by atoms with van der Waals surface area (Å²) in [7, 11) is 1.68. The molecule has 3 aromatic rings. The molecule has 0 spiro atoms. The maximum atomic E-state index is 5.50. The van der Waals surface area contributed by atoms with Gasteiger partial charge in [0.25, 0.3) is 0 Å². The van der Waals surface area contributed by atoms with Crippen molar-refractivity contribution in [3.63, 3.8) is 0 Å². The predicted molar refractivity (Wildman–Crippen MR) is 96.0 cm³/mol. The number of aryl methyl sites for hydroxylation is 2. The molecular weight excluding hydrogens is 306 g/mol. The van der Waals surface area contributed by atoms with Crippen LogP contribution in [0.2, 0.25) is 0 Å². The fourth-order valence-electron chi connectivity index (χ4n) is 2.84. The van der Waals surface area contributed by atoms with Crippen LogP contribution in [0, 0.1) is 13.8 Å². The zero-order chi connectivity index (χ0) is 16.0. The number of hydrogen-bond acceptors (Lipinski definition) is 3. The first kappa shape index (κ1) is 14.1. The highest BCUT2D eigenvalue weighted by Gasteiger charge is 2.18. The second kappa shape index (κ2) is 5.28. The molecule has 0 saturated carbocycles. The molecule has 0 atom stereocenters. The van der Waals surface area contributed by atoms with Crippen LogP contribution in [0.1, 0.15) is 22.6 Å². The van der Waals surface area contributed by atoms with Crippen LogP contribution in [0.3, 0.4) is 0 Å². The number of aromatic amines is 2. The number of ether oxygens (including phenoxy) is 1. The zero-order valence-electron chi connectivity index (χ0n) is 13.2. The van der Waals surface area contributed by atoms with Gasteiger partial charge in [-0.25, -0.2) is 4.99 Å². The quantitative estimate of drug-likeness (QED) is 0.730. The van der Waals surface area contributed by atoms with E-state index in [-0.39, 0.29) is 0 Å². The standard InChI is InChI=1S/C18H17N3OS/c1-10-6-11(2)19-13(10)7-16-17(22-3)8-14(21-16)15-9-18-12(20-15)4-5-23-18/h4-9,19-20H,1-3H3/b16-7-. The molecule has 4 rings (SSSR count). The fraction of sp³-hybridized carbons (Fsp3) is 0.167. The molecule has 0 aromatic carbocycles. The predicted octanol–water partition coefficient (Wildman–Crippen LogP) is 4.55. The van der Waals surface area contributed by atoms with E-state index in [4.69, 9.17) is 9.73 Å². The lowest BCUT2D eigenvalue weighted by molar-refractivity contribution is 0.303. The van der Waals surface area contributed by atoms with Gasteiger partial charge in [-0.2, -0.15) is 0 Å². The summed E-state index contributed by atoms with van der Waals surface area (Å²) < 4.78 is 6.74. The first-order valence-electron chi connectivity index (χ1n) is 7.43. The van der Waals surface area contributed by atoms with Gasteiger partial charge in [-0.1, -0.05) is 0 Å². The highest BCUT2D eigenvalue weighted by atomic mass is 32.1. The number of fused-ring (bicyclic) bond motifs is 1. The molecule has 23 heavy (non-hydrogen) atoms. The highest BCUT2D eigenvalue weighted by Crippen LogP contribution is 2.28. The molecule has 0 saturated heterocycles. The number of thiophene rings is 1. The molecule has 2 N–H and O–H groups in total. The van der Waals surface area contributed by atoms with Crippen molar-refractivity contribution >= 4 is 33.3 Å². The number of nitrogens with zero attached hydrogens (tertiary/aromatic N) is 1. The number of nitrogens with one attached hydrogen (secondary N) is 2.